The fraction of sp³-hybridized carbons (Fsp3) is 0.294. The average molecular weight is 298 g/mol. The van der Waals surface area contributed by atoms with Crippen LogP contribution in [-0.2, 0) is 4.79 Å². The summed E-state index contributed by atoms with van der Waals surface area (Å²) in [6, 6.07) is 9.59. The van der Waals surface area contributed by atoms with Crippen molar-refractivity contribution in [1.29, 1.82) is 0 Å². The maximum absolute atomic E-state index is 12.0. The first-order valence-electron chi connectivity index (χ1n) is 7.27. The van der Waals surface area contributed by atoms with Gasteiger partial charge < -0.3 is 14.8 Å². The average Bonchev–Trinajstić information content (AvgIpc) is 2.54. The highest BCUT2D eigenvalue weighted by molar-refractivity contribution is 5.95. The molecule has 0 aliphatic carbocycles. The lowest BCUT2D eigenvalue weighted by molar-refractivity contribution is -0.116. The lowest BCUT2D eigenvalue weighted by Crippen LogP contribution is -2.23. The monoisotopic (exact) mass is 298 g/mol. The molecule has 1 aliphatic heterocycles. The Labute approximate surface area is 129 Å². The fourth-order valence-electron chi connectivity index (χ4n) is 2.72. The second-order valence-electron chi connectivity index (χ2n) is 5.12. The summed E-state index contributed by atoms with van der Waals surface area (Å²) < 4.78 is 10.6. The van der Waals surface area contributed by atoms with Gasteiger partial charge in [-0.05, 0) is 24.1 Å². The SMILES string of the molecule is CCOc1ccc2c(c1)NC(=O)C[C@@H]2c1ccc(OC)nc1. The molecule has 1 aromatic heterocycles. The van der Waals surface area contributed by atoms with Gasteiger partial charge in [-0.1, -0.05) is 12.1 Å². The maximum Gasteiger partial charge on any atom is 0.225 e. The molecule has 0 unspecified atom stereocenters. The summed E-state index contributed by atoms with van der Waals surface area (Å²) in [5, 5.41) is 2.92. The Morgan fingerprint density at radius 2 is 2.18 bits per heavy atom. The van der Waals surface area contributed by atoms with E-state index in [1.165, 1.54) is 0 Å². The molecule has 0 radical (unpaired) electrons. The number of rotatable bonds is 4. The van der Waals surface area contributed by atoms with Crippen molar-refractivity contribution in [3.8, 4) is 11.6 Å². The van der Waals surface area contributed by atoms with Crippen molar-refractivity contribution >= 4 is 11.6 Å². The van der Waals surface area contributed by atoms with Crippen molar-refractivity contribution in [1.82, 2.24) is 4.98 Å². The van der Waals surface area contributed by atoms with Crippen molar-refractivity contribution in [2.75, 3.05) is 19.0 Å². The van der Waals surface area contributed by atoms with Crippen LogP contribution in [0.25, 0.3) is 0 Å². The van der Waals surface area contributed by atoms with Gasteiger partial charge in [0.15, 0.2) is 0 Å². The zero-order chi connectivity index (χ0) is 15.5. The van der Waals surface area contributed by atoms with E-state index in [1.807, 2.05) is 37.3 Å². The quantitative estimate of drug-likeness (QED) is 0.942. The Morgan fingerprint density at radius 3 is 2.86 bits per heavy atom. The number of fused-ring (bicyclic) bond motifs is 1. The van der Waals surface area contributed by atoms with Crippen molar-refractivity contribution in [2.45, 2.75) is 19.3 Å². The summed E-state index contributed by atoms with van der Waals surface area (Å²) in [6.07, 6.45) is 2.18. The number of hydrogen-bond acceptors (Lipinski definition) is 4. The molecule has 0 spiro atoms. The molecule has 0 saturated heterocycles. The molecule has 1 N–H and O–H groups in total. The number of hydrogen-bond donors (Lipinski definition) is 1. The number of carbonyl (C=O) groups excluding carboxylic acids is 1. The highest BCUT2D eigenvalue weighted by Gasteiger charge is 2.27. The minimum absolute atomic E-state index is 0.00182. The number of nitrogens with zero attached hydrogens (tertiary/aromatic N) is 1. The van der Waals surface area contributed by atoms with Crippen molar-refractivity contribution in [3.05, 3.63) is 47.7 Å². The van der Waals surface area contributed by atoms with Crippen LogP contribution >= 0.6 is 0 Å². The van der Waals surface area contributed by atoms with Gasteiger partial charge >= 0.3 is 0 Å². The molecule has 22 heavy (non-hydrogen) atoms. The molecule has 2 aromatic rings. The highest BCUT2D eigenvalue weighted by atomic mass is 16.5. The van der Waals surface area contributed by atoms with Gasteiger partial charge in [0.2, 0.25) is 11.8 Å². The van der Waals surface area contributed by atoms with Crippen LogP contribution < -0.4 is 14.8 Å². The van der Waals surface area contributed by atoms with Crippen LogP contribution in [0.15, 0.2) is 36.5 Å². The minimum Gasteiger partial charge on any atom is -0.494 e. The number of amides is 1. The standard InChI is InChI=1S/C17H18N2O3/c1-3-22-12-5-6-13-14(9-16(20)19-15(13)8-12)11-4-7-17(21-2)18-10-11/h4-8,10,14H,3,9H2,1-2H3,(H,19,20)/t14-/m1/s1. The van der Waals surface area contributed by atoms with Gasteiger partial charge in [-0.3, -0.25) is 4.79 Å². The Morgan fingerprint density at radius 1 is 1.32 bits per heavy atom. The van der Waals surface area contributed by atoms with Gasteiger partial charge in [-0.2, -0.15) is 0 Å². The molecule has 3 rings (SSSR count). The van der Waals surface area contributed by atoms with E-state index in [-0.39, 0.29) is 11.8 Å². The number of methoxy groups -OCH3 is 1. The third-order valence-electron chi connectivity index (χ3n) is 3.75. The molecule has 0 fully saturated rings. The van der Waals surface area contributed by atoms with Crippen LogP contribution in [0.5, 0.6) is 11.6 Å². The smallest absolute Gasteiger partial charge is 0.225 e. The first-order valence-corrected chi connectivity index (χ1v) is 7.27. The van der Waals surface area contributed by atoms with Crippen molar-refractivity contribution < 1.29 is 14.3 Å². The number of aromatic nitrogens is 1. The maximum atomic E-state index is 12.0. The Kier molecular flexibility index (Phi) is 3.96. The zero-order valence-electron chi connectivity index (χ0n) is 12.6. The van der Waals surface area contributed by atoms with E-state index in [9.17, 15) is 4.79 Å². The van der Waals surface area contributed by atoms with Crippen LogP contribution in [-0.4, -0.2) is 24.6 Å². The summed E-state index contributed by atoms with van der Waals surface area (Å²) in [4.78, 5) is 16.2. The van der Waals surface area contributed by atoms with Gasteiger partial charge in [-0.15, -0.1) is 0 Å². The van der Waals surface area contributed by atoms with Crippen molar-refractivity contribution in [2.24, 2.45) is 0 Å². The number of nitrogens with one attached hydrogen (secondary N) is 1. The van der Waals surface area contributed by atoms with Gasteiger partial charge in [0.25, 0.3) is 0 Å². The lowest BCUT2D eigenvalue weighted by Gasteiger charge is -2.26. The van der Waals surface area contributed by atoms with Crippen LogP contribution in [0, 0.1) is 0 Å². The second-order valence-corrected chi connectivity index (χ2v) is 5.12. The molecule has 1 aromatic carbocycles. The van der Waals surface area contributed by atoms with E-state index in [0.29, 0.717) is 18.9 Å². The van der Waals surface area contributed by atoms with Gasteiger partial charge in [0.1, 0.15) is 5.75 Å². The summed E-state index contributed by atoms with van der Waals surface area (Å²) in [7, 11) is 1.58. The topological polar surface area (TPSA) is 60.5 Å². The number of pyridine rings is 1. The molecule has 0 saturated carbocycles. The molecule has 5 nitrogen and oxygen atoms in total. The molecular formula is C17H18N2O3. The molecular weight excluding hydrogens is 280 g/mol. The van der Waals surface area contributed by atoms with E-state index in [1.54, 1.807) is 13.3 Å². The molecule has 2 heterocycles. The normalized spacial score (nSPS) is 16.6. The van der Waals surface area contributed by atoms with Crippen LogP contribution in [0.2, 0.25) is 0 Å². The van der Waals surface area contributed by atoms with Crippen LogP contribution in [0.3, 0.4) is 0 Å². The minimum atomic E-state index is -0.00201. The number of anilines is 1. The van der Waals surface area contributed by atoms with Crippen molar-refractivity contribution in [3.63, 3.8) is 0 Å². The fourth-order valence-corrected chi connectivity index (χ4v) is 2.72. The van der Waals surface area contributed by atoms with Crippen LogP contribution in [0.1, 0.15) is 30.4 Å². The molecule has 5 heteroatoms. The van der Waals surface area contributed by atoms with E-state index in [4.69, 9.17) is 9.47 Å². The first-order chi connectivity index (χ1) is 10.7. The third kappa shape index (κ3) is 2.74. The zero-order valence-corrected chi connectivity index (χ0v) is 12.6. The first kappa shape index (κ1) is 14.4. The van der Waals surface area contributed by atoms with E-state index < -0.39 is 0 Å². The predicted octanol–water partition coefficient (Wildman–Crippen LogP) is 2.96. The van der Waals surface area contributed by atoms with Gasteiger partial charge in [-0.25, -0.2) is 4.98 Å². The van der Waals surface area contributed by atoms with E-state index in [0.717, 1.165) is 22.6 Å². The molecule has 1 atom stereocenters. The third-order valence-corrected chi connectivity index (χ3v) is 3.75. The van der Waals surface area contributed by atoms with E-state index >= 15 is 0 Å². The highest BCUT2D eigenvalue weighted by Crippen LogP contribution is 2.38. The number of carbonyl (C=O) groups is 1. The Balaban J connectivity index is 1.97. The summed E-state index contributed by atoms with van der Waals surface area (Å²) in [6.45, 7) is 2.53. The van der Waals surface area contributed by atoms with Gasteiger partial charge in [0, 0.05) is 36.4 Å². The van der Waals surface area contributed by atoms with Gasteiger partial charge in [0.05, 0.1) is 13.7 Å². The second kappa shape index (κ2) is 6.05. The number of benzene rings is 1. The molecule has 1 aliphatic rings. The molecule has 114 valence electrons. The van der Waals surface area contributed by atoms with Crippen LogP contribution in [0.4, 0.5) is 5.69 Å². The Hall–Kier alpha value is -2.56. The summed E-state index contributed by atoms with van der Waals surface area (Å²) in [5.41, 5.74) is 2.89. The predicted molar refractivity (Wildman–Crippen MR) is 83.5 cm³/mol. The summed E-state index contributed by atoms with van der Waals surface area (Å²) >= 11 is 0. The largest absolute Gasteiger partial charge is 0.494 e. The van der Waals surface area contributed by atoms with E-state index in [2.05, 4.69) is 10.3 Å². The Bertz CT molecular complexity index is 683. The molecule has 1 amide bonds. The molecule has 0 bridgehead atoms. The number of ether oxygens (including phenoxy) is 2. The lowest BCUT2D eigenvalue weighted by atomic mass is 9.85. The summed E-state index contributed by atoms with van der Waals surface area (Å²) in [5.74, 6) is 1.32.